The second-order valence-corrected chi connectivity index (χ2v) is 4.46. The van der Waals surface area contributed by atoms with Crippen LogP contribution >= 0.6 is 0 Å². The molecule has 1 aromatic carbocycles. The maximum Gasteiger partial charge on any atom is 0.335 e. The summed E-state index contributed by atoms with van der Waals surface area (Å²) in [5.41, 5.74) is 3.02. The van der Waals surface area contributed by atoms with Crippen molar-refractivity contribution in [1.82, 2.24) is 4.57 Å². The van der Waals surface area contributed by atoms with Crippen molar-refractivity contribution in [2.45, 2.75) is 33.4 Å². The summed E-state index contributed by atoms with van der Waals surface area (Å²) in [6.45, 7) is 6.48. The van der Waals surface area contributed by atoms with E-state index in [1.807, 2.05) is 13.8 Å². The van der Waals surface area contributed by atoms with Gasteiger partial charge in [0.1, 0.15) is 0 Å². The average molecular weight is 247 g/mol. The Balaban J connectivity index is 2.83. The lowest BCUT2D eigenvalue weighted by Gasteiger charge is -2.06. The van der Waals surface area contributed by atoms with Crippen LogP contribution in [0, 0.1) is 6.92 Å². The van der Waals surface area contributed by atoms with E-state index < -0.39 is 12.1 Å². The molecule has 0 aliphatic carbocycles. The number of hydrogen-bond donors (Lipinski definition) is 2. The number of aryl methyl sites for hydroxylation is 1. The van der Waals surface area contributed by atoms with Gasteiger partial charge in [0.05, 0.1) is 11.7 Å². The molecular weight excluding hydrogens is 230 g/mol. The van der Waals surface area contributed by atoms with E-state index in [9.17, 15) is 9.90 Å². The molecule has 1 heterocycles. The standard InChI is InChI=1S/C14H17NO3/c1-4-15-8(2)13(9(3)16)11-7-10(14(17)18)5-6-12(11)15/h5-7,9,16H,4H2,1-3H3,(H,17,18). The summed E-state index contributed by atoms with van der Waals surface area (Å²) >= 11 is 0. The van der Waals surface area contributed by atoms with E-state index in [1.165, 1.54) is 0 Å². The SMILES string of the molecule is CCn1c(C)c(C(C)O)c2cc(C(=O)O)ccc21. The molecule has 2 N–H and O–H groups in total. The number of rotatable bonds is 3. The van der Waals surface area contributed by atoms with Gasteiger partial charge in [0.25, 0.3) is 0 Å². The van der Waals surface area contributed by atoms with Gasteiger partial charge < -0.3 is 14.8 Å². The zero-order chi connectivity index (χ0) is 13.4. The lowest BCUT2D eigenvalue weighted by molar-refractivity contribution is 0.0697. The number of aromatic nitrogens is 1. The summed E-state index contributed by atoms with van der Waals surface area (Å²) in [5.74, 6) is -0.949. The Morgan fingerprint density at radius 2 is 2.11 bits per heavy atom. The highest BCUT2D eigenvalue weighted by Crippen LogP contribution is 2.31. The Morgan fingerprint density at radius 3 is 2.61 bits per heavy atom. The summed E-state index contributed by atoms with van der Waals surface area (Å²) < 4.78 is 2.09. The van der Waals surface area contributed by atoms with E-state index >= 15 is 0 Å². The van der Waals surface area contributed by atoms with Crippen LogP contribution in [0.1, 0.15) is 41.6 Å². The summed E-state index contributed by atoms with van der Waals surface area (Å²) in [5, 5.41) is 19.7. The molecule has 96 valence electrons. The number of fused-ring (bicyclic) bond motifs is 1. The van der Waals surface area contributed by atoms with Crippen molar-refractivity contribution < 1.29 is 15.0 Å². The van der Waals surface area contributed by atoms with Crippen molar-refractivity contribution in [3.05, 3.63) is 35.0 Å². The first-order chi connectivity index (χ1) is 8.47. The molecule has 0 amide bonds. The van der Waals surface area contributed by atoms with Gasteiger partial charge in [0.15, 0.2) is 0 Å². The molecule has 1 aromatic heterocycles. The summed E-state index contributed by atoms with van der Waals surface area (Å²) in [6, 6.07) is 5.04. The van der Waals surface area contributed by atoms with Gasteiger partial charge in [-0.15, -0.1) is 0 Å². The molecule has 0 radical (unpaired) electrons. The Hall–Kier alpha value is -1.81. The minimum atomic E-state index is -0.949. The largest absolute Gasteiger partial charge is 0.478 e. The molecule has 2 aromatic rings. The van der Waals surface area contributed by atoms with Crippen LogP contribution in [0.2, 0.25) is 0 Å². The van der Waals surface area contributed by atoms with E-state index in [-0.39, 0.29) is 5.56 Å². The molecule has 0 spiro atoms. The molecule has 0 bridgehead atoms. The monoisotopic (exact) mass is 247 g/mol. The number of carboxylic acids is 1. The normalized spacial score (nSPS) is 12.9. The number of aromatic carboxylic acids is 1. The van der Waals surface area contributed by atoms with Crippen LogP contribution in [0.5, 0.6) is 0 Å². The molecule has 4 heteroatoms. The smallest absolute Gasteiger partial charge is 0.335 e. The van der Waals surface area contributed by atoms with E-state index in [4.69, 9.17) is 5.11 Å². The highest BCUT2D eigenvalue weighted by atomic mass is 16.4. The first kappa shape index (κ1) is 12.6. The van der Waals surface area contributed by atoms with E-state index in [1.54, 1.807) is 25.1 Å². The number of hydrogen-bond acceptors (Lipinski definition) is 2. The number of carbonyl (C=O) groups is 1. The Kier molecular flexibility index (Phi) is 3.13. The molecule has 4 nitrogen and oxygen atoms in total. The Morgan fingerprint density at radius 1 is 1.44 bits per heavy atom. The Labute approximate surface area is 105 Å². The molecule has 0 aliphatic rings. The average Bonchev–Trinajstić information content (AvgIpc) is 2.59. The lowest BCUT2D eigenvalue weighted by Crippen LogP contribution is -1.99. The van der Waals surface area contributed by atoms with Crippen molar-refractivity contribution >= 4 is 16.9 Å². The maximum atomic E-state index is 11.0. The molecule has 0 fully saturated rings. The van der Waals surface area contributed by atoms with Crippen LogP contribution in [-0.2, 0) is 6.54 Å². The number of nitrogens with zero attached hydrogens (tertiary/aromatic N) is 1. The van der Waals surface area contributed by atoms with Crippen molar-refractivity contribution in [3.8, 4) is 0 Å². The van der Waals surface area contributed by atoms with Crippen molar-refractivity contribution in [3.63, 3.8) is 0 Å². The minimum Gasteiger partial charge on any atom is -0.478 e. The zero-order valence-electron chi connectivity index (χ0n) is 10.8. The van der Waals surface area contributed by atoms with E-state index in [0.29, 0.717) is 0 Å². The summed E-state index contributed by atoms with van der Waals surface area (Å²) in [6.07, 6.45) is -0.607. The van der Waals surface area contributed by atoms with Crippen LogP contribution in [0.15, 0.2) is 18.2 Å². The summed E-state index contributed by atoms with van der Waals surface area (Å²) in [4.78, 5) is 11.0. The molecular formula is C14H17NO3. The van der Waals surface area contributed by atoms with Crippen LogP contribution in [0.4, 0.5) is 0 Å². The number of aliphatic hydroxyl groups is 1. The van der Waals surface area contributed by atoms with E-state index in [2.05, 4.69) is 4.57 Å². The van der Waals surface area contributed by atoms with Gasteiger partial charge in [-0.1, -0.05) is 0 Å². The second kappa shape index (κ2) is 4.46. The quantitative estimate of drug-likeness (QED) is 0.876. The lowest BCUT2D eigenvalue weighted by atomic mass is 10.0. The van der Waals surface area contributed by atoms with Gasteiger partial charge in [-0.25, -0.2) is 4.79 Å². The molecule has 0 saturated heterocycles. The predicted octanol–water partition coefficient (Wildman–Crippen LogP) is 2.72. The first-order valence-corrected chi connectivity index (χ1v) is 6.01. The minimum absolute atomic E-state index is 0.248. The number of benzene rings is 1. The first-order valence-electron chi connectivity index (χ1n) is 6.01. The van der Waals surface area contributed by atoms with Crippen LogP contribution in [0.3, 0.4) is 0 Å². The highest BCUT2D eigenvalue weighted by molar-refractivity contribution is 5.95. The molecule has 18 heavy (non-hydrogen) atoms. The van der Waals surface area contributed by atoms with Gasteiger partial charge in [-0.3, -0.25) is 0 Å². The van der Waals surface area contributed by atoms with Crippen molar-refractivity contribution in [2.24, 2.45) is 0 Å². The number of carboxylic acid groups (broad SMARTS) is 1. The molecule has 2 rings (SSSR count). The summed E-state index contributed by atoms with van der Waals surface area (Å²) in [7, 11) is 0. The third-order valence-electron chi connectivity index (χ3n) is 3.35. The maximum absolute atomic E-state index is 11.0. The van der Waals surface area contributed by atoms with Gasteiger partial charge in [0, 0.05) is 28.7 Å². The predicted molar refractivity (Wildman–Crippen MR) is 69.9 cm³/mol. The third kappa shape index (κ3) is 1.78. The fraction of sp³-hybridized carbons (Fsp3) is 0.357. The van der Waals surface area contributed by atoms with Crippen molar-refractivity contribution in [2.75, 3.05) is 0 Å². The highest BCUT2D eigenvalue weighted by Gasteiger charge is 2.18. The van der Waals surface area contributed by atoms with Gasteiger partial charge in [-0.05, 0) is 39.0 Å². The topological polar surface area (TPSA) is 62.5 Å². The van der Waals surface area contributed by atoms with Gasteiger partial charge in [-0.2, -0.15) is 0 Å². The Bertz CT molecular complexity index is 611. The van der Waals surface area contributed by atoms with Crippen LogP contribution in [-0.4, -0.2) is 20.7 Å². The van der Waals surface area contributed by atoms with Crippen LogP contribution in [0.25, 0.3) is 10.9 Å². The van der Waals surface area contributed by atoms with Gasteiger partial charge in [0.2, 0.25) is 0 Å². The fourth-order valence-corrected chi connectivity index (χ4v) is 2.58. The van der Waals surface area contributed by atoms with Gasteiger partial charge >= 0.3 is 5.97 Å². The molecule has 1 atom stereocenters. The number of aliphatic hydroxyl groups excluding tert-OH is 1. The fourth-order valence-electron chi connectivity index (χ4n) is 2.58. The second-order valence-electron chi connectivity index (χ2n) is 4.46. The molecule has 0 aliphatic heterocycles. The molecule has 1 unspecified atom stereocenters. The van der Waals surface area contributed by atoms with E-state index in [0.717, 1.165) is 28.7 Å². The third-order valence-corrected chi connectivity index (χ3v) is 3.35. The zero-order valence-corrected chi connectivity index (χ0v) is 10.8. The van der Waals surface area contributed by atoms with Crippen LogP contribution < -0.4 is 0 Å². The van der Waals surface area contributed by atoms with Crippen molar-refractivity contribution in [1.29, 1.82) is 0 Å². The molecule has 0 saturated carbocycles.